The summed E-state index contributed by atoms with van der Waals surface area (Å²) in [5, 5.41) is 0. The fourth-order valence-corrected chi connectivity index (χ4v) is 2.15. The van der Waals surface area contributed by atoms with Crippen LogP contribution in [-0.2, 0) is 4.74 Å². The standard InChI is InChI=1S/C14H21N3O2/c1-3-6-17(9-10-4-5-10)13-12(14(18)19-2)7-11(15)8-16-13/h7-8,10H,3-6,9,15H2,1-2H3. The fourth-order valence-electron chi connectivity index (χ4n) is 2.15. The zero-order valence-corrected chi connectivity index (χ0v) is 11.6. The summed E-state index contributed by atoms with van der Waals surface area (Å²) in [6.45, 7) is 3.96. The summed E-state index contributed by atoms with van der Waals surface area (Å²) < 4.78 is 4.82. The van der Waals surface area contributed by atoms with Gasteiger partial charge in [0.15, 0.2) is 0 Å². The van der Waals surface area contributed by atoms with Gasteiger partial charge in [-0.3, -0.25) is 0 Å². The van der Waals surface area contributed by atoms with Gasteiger partial charge < -0.3 is 15.4 Å². The van der Waals surface area contributed by atoms with E-state index in [0.717, 1.165) is 25.4 Å². The van der Waals surface area contributed by atoms with Crippen molar-refractivity contribution in [2.24, 2.45) is 5.92 Å². The Balaban J connectivity index is 2.30. The number of rotatable bonds is 6. The molecular weight excluding hydrogens is 242 g/mol. The van der Waals surface area contributed by atoms with Crippen molar-refractivity contribution in [3.8, 4) is 0 Å². The van der Waals surface area contributed by atoms with Crippen molar-refractivity contribution >= 4 is 17.5 Å². The Morgan fingerprint density at radius 1 is 1.58 bits per heavy atom. The molecule has 0 bridgehead atoms. The molecule has 2 rings (SSSR count). The molecule has 1 aliphatic carbocycles. The van der Waals surface area contributed by atoms with E-state index in [4.69, 9.17) is 10.5 Å². The Kier molecular flexibility index (Phi) is 4.24. The van der Waals surface area contributed by atoms with E-state index in [0.29, 0.717) is 17.1 Å². The van der Waals surface area contributed by atoms with E-state index >= 15 is 0 Å². The van der Waals surface area contributed by atoms with Crippen molar-refractivity contribution in [2.75, 3.05) is 30.8 Å². The first-order chi connectivity index (χ1) is 9.15. The zero-order valence-electron chi connectivity index (χ0n) is 11.6. The zero-order chi connectivity index (χ0) is 13.8. The molecule has 0 unspecified atom stereocenters. The number of carbonyl (C=O) groups excluding carboxylic acids is 1. The Labute approximate surface area is 113 Å². The quantitative estimate of drug-likeness (QED) is 0.796. The smallest absolute Gasteiger partial charge is 0.341 e. The second-order valence-corrected chi connectivity index (χ2v) is 5.02. The van der Waals surface area contributed by atoms with Crippen molar-refractivity contribution in [2.45, 2.75) is 26.2 Å². The number of nitrogens with two attached hydrogens (primary N) is 1. The predicted octanol–water partition coefficient (Wildman–Crippen LogP) is 2.08. The predicted molar refractivity (Wildman–Crippen MR) is 75.2 cm³/mol. The SMILES string of the molecule is CCCN(CC1CC1)c1ncc(N)cc1C(=O)OC. The van der Waals surface area contributed by atoms with Gasteiger partial charge in [-0.1, -0.05) is 6.92 Å². The Bertz CT molecular complexity index is 458. The first-order valence-electron chi connectivity index (χ1n) is 6.74. The highest BCUT2D eigenvalue weighted by Gasteiger charge is 2.27. The van der Waals surface area contributed by atoms with Gasteiger partial charge in [-0.25, -0.2) is 9.78 Å². The molecule has 1 aromatic heterocycles. The monoisotopic (exact) mass is 263 g/mol. The first kappa shape index (κ1) is 13.6. The van der Waals surface area contributed by atoms with Gasteiger partial charge in [-0.05, 0) is 31.2 Å². The van der Waals surface area contributed by atoms with Gasteiger partial charge >= 0.3 is 5.97 Å². The van der Waals surface area contributed by atoms with E-state index in [1.165, 1.54) is 20.0 Å². The third-order valence-corrected chi connectivity index (χ3v) is 3.26. The molecule has 0 amide bonds. The summed E-state index contributed by atoms with van der Waals surface area (Å²) in [5.41, 5.74) is 6.65. The molecule has 1 aliphatic rings. The molecule has 19 heavy (non-hydrogen) atoms. The number of carbonyl (C=O) groups is 1. The number of hydrogen-bond donors (Lipinski definition) is 1. The molecule has 1 heterocycles. The number of esters is 1. The number of hydrogen-bond acceptors (Lipinski definition) is 5. The Morgan fingerprint density at radius 2 is 2.32 bits per heavy atom. The lowest BCUT2D eigenvalue weighted by atomic mass is 10.2. The minimum atomic E-state index is -0.383. The second kappa shape index (κ2) is 5.91. The molecule has 5 heteroatoms. The van der Waals surface area contributed by atoms with Gasteiger partial charge in [0.05, 0.1) is 19.0 Å². The van der Waals surface area contributed by atoms with Crippen molar-refractivity contribution < 1.29 is 9.53 Å². The number of ether oxygens (including phenoxy) is 1. The van der Waals surface area contributed by atoms with Gasteiger partial charge in [0.25, 0.3) is 0 Å². The lowest BCUT2D eigenvalue weighted by Crippen LogP contribution is -2.29. The summed E-state index contributed by atoms with van der Waals surface area (Å²) >= 11 is 0. The number of pyridine rings is 1. The first-order valence-corrected chi connectivity index (χ1v) is 6.74. The number of anilines is 2. The molecule has 0 atom stereocenters. The maximum Gasteiger partial charge on any atom is 0.341 e. The van der Waals surface area contributed by atoms with Crippen LogP contribution in [0.2, 0.25) is 0 Å². The summed E-state index contributed by atoms with van der Waals surface area (Å²) in [6.07, 6.45) is 5.14. The van der Waals surface area contributed by atoms with E-state index in [-0.39, 0.29) is 5.97 Å². The highest BCUT2D eigenvalue weighted by Crippen LogP contribution is 2.32. The molecule has 0 saturated heterocycles. The summed E-state index contributed by atoms with van der Waals surface area (Å²) in [4.78, 5) is 18.4. The molecule has 0 spiro atoms. The van der Waals surface area contributed by atoms with Gasteiger partial charge in [0.2, 0.25) is 0 Å². The molecule has 104 valence electrons. The molecule has 1 fully saturated rings. The highest BCUT2D eigenvalue weighted by molar-refractivity contribution is 5.95. The van der Waals surface area contributed by atoms with Crippen LogP contribution in [0.4, 0.5) is 11.5 Å². The Hall–Kier alpha value is -1.78. The third-order valence-electron chi connectivity index (χ3n) is 3.26. The van der Waals surface area contributed by atoms with Crippen LogP contribution in [0.1, 0.15) is 36.5 Å². The van der Waals surface area contributed by atoms with Crippen LogP contribution >= 0.6 is 0 Å². The number of aromatic nitrogens is 1. The van der Waals surface area contributed by atoms with Gasteiger partial charge in [0, 0.05) is 13.1 Å². The third kappa shape index (κ3) is 3.36. The highest BCUT2D eigenvalue weighted by atomic mass is 16.5. The molecule has 0 radical (unpaired) electrons. The number of nitrogen functional groups attached to an aromatic ring is 1. The average molecular weight is 263 g/mol. The fraction of sp³-hybridized carbons (Fsp3) is 0.571. The van der Waals surface area contributed by atoms with Gasteiger partial charge in [-0.2, -0.15) is 0 Å². The van der Waals surface area contributed by atoms with Gasteiger partial charge in [-0.15, -0.1) is 0 Å². The lowest BCUT2D eigenvalue weighted by Gasteiger charge is -2.25. The molecule has 1 saturated carbocycles. The van der Waals surface area contributed by atoms with Crippen LogP contribution in [0.3, 0.4) is 0 Å². The molecule has 5 nitrogen and oxygen atoms in total. The minimum absolute atomic E-state index is 0.383. The number of methoxy groups -OCH3 is 1. The minimum Gasteiger partial charge on any atom is -0.465 e. The van der Waals surface area contributed by atoms with E-state index in [1.807, 2.05) is 0 Å². The van der Waals surface area contributed by atoms with Crippen LogP contribution in [0.25, 0.3) is 0 Å². The Morgan fingerprint density at radius 3 is 2.89 bits per heavy atom. The average Bonchev–Trinajstić information content (AvgIpc) is 3.21. The molecule has 1 aromatic rings. The van der Waals surface area contributed by atoms with Crippen molar-refractivity contribution in [1.29, 1.82) is 0 Å². The van der Waals surface area contributed by atoms with E-state index < -0.39 is 0 Å². The summed E-state index contributed by atoms with van der Waals surface area (Å²) in [5.74, 6) is 1.04. The largest absolute Gasteiger partial charge is 0.465 e. The van der Waals surface area contributed by atoms with Gasteiger partial charge in [0.1, 0.15) is 11.4 Å². The second-order valence-electron chi connectivity index (χ2n) is 5.02. The molecule has 2 N–H and O–H groups in total. The van der Waals surface area contributed by atoms with Crippen molar-refractivity contribution in [3.05, 3.63) is 17.8 Å². The molecule has 0 aromatic carbocycles. The van der Waals surface area contributed by atoms with Crippen LogP contribution in [-0.4, -0.2) is 31.2 Å². The van der Waals surface area contributed by atoms with Crippen LogP contribution in [0.15, 0.2) is 12.3 Å². The van der Waals surface area contributed by atoms with E-state index in [1.54, 1.807) is 12.3 Å². The van der Waals surface area contributed by atoms with E-state index in [2.05, 4.69) is 16.8 Å². The normalized spacial score (nSPS) is 14.2. The summed E-state index contributed by atoms with van der Waals surface area (Å²) in [6, 6.07) is 1.64. The molecule has 0 aliphatic heterocycles. The maximum absolute atomic E-state index is 11.9. The topological polar surface area (TPSA) is 68.5 Å². The van der Waals surface area contributed by atoms with Crippen LogP contribution < -0.4 is 10.6 Å². The molecular formula is C14H21N3O2. The van der Waals surface area contributed by atoms with Crippen LogP contribution in [0.5, 0.6) is 0 Å². The lowest BCUT2D eigenvalue weighted by molar-refractivity contribution is 0.0601. The van der Waals surface area contributed by atoms with Crippen molar-refractivity contribution in [3.63, 3.8) is 0 Å². The maximum atomic E-state index is 11.9. The van der Waals surface area contributed by atoms with E-state index in [9.17, 15) is 4.79 Å². The summed E-state index contributed by atoms with van der Waals surface area (Å²) in [7, 11) is 1.38. The number of nitrogens with zero attached hydrogens (tertiary/aromatic N) is 2. The van der Waals surface area contributed by atoms with Crippen LogP contribution in [0, 0.1) is 5.92 Å². The van der Waals surface area contributed by atoms with Crippen molar-refractivity contribution in [1.82, 2.24) is 4.98 Å².